The molecule has 1 amide bonds. The number of nitriles is 1. The number of rotatable bonds is 5. The highest BCUT2D eigenvalue weighted by molar-refractivity contribution is 5.97. The molecule has 28 heavy (non-hydrogen) atoms. The molecule has 3 unspecified atom stereocenters. The van der Waals surface area contributed by atoms with E-state index in [4.69, 9.17) is 5.26 Å². The summed E-state index contributed by atoms with van der Waals surface area (Å²) in [7, 11) is 1.57. The molecular formula is C18H21N9O. The van der Waals surface area contributed by atoms with Crippen LogP contribution < -0.4 is 21.3 Å². The van der Waals surface area contributed by atoms with Crippen molar-refractivity contribution in [1.29, 1.82) is 5.26 Å². The van der Waals surface area contributed by atoms with E-state index >= 15 is 0 Å². The number of nitrogens with one attached hydrogen (secondary N) is 4. The number of amides is 1. The summed E-state index contributed by atoms with van der Waals surface area (Å²) in [6, 6.07) is 4.49. The second-order valence-corrected chi connectivity index (χ2v) is 7.02. The highest BCUT2D eigenvalue weighted by Gasteiger charge is 2.37. The molecule has 3 atom stereocenters. The molecule has 3 heterocycles. The van der Waals surface area contributed by atoms with Crippen LogP contribution in [0.3, 0.4) is 0 Å². The van der Waals surface area contributed by atoms with E-state index in [-0.39, 0.29) is 23.3 Å². The molecule has 4 rings (SSSR count). The molecular weight excluding hydrogens is 358 g/mol. The fourth-order valence-corrected chi connectivity index (χ4v) is 3.92. The smallest absolute Gasteiger partial charge is 0.273 e. The van der Waals surface area contributed by atoms with Crippen molar-refractivity contribution in [3.05, 3.63) is 29.8 Å². The second kappa shape index (κ2) is 7.74. The molecule has 1 aliphatic heterocycles. The zero-order valence-electron chi connectivity index (χ0n) is 15.4. The van der Waals surface area contributed by atoms with Gasteiger partial charge in [0.05, 0.1) is 18.1 Å². The first kappa shape index (κ1) is 18.1. The molecule has 4 N–H and O–H groups in total. The predicted molar refractivity (Wildman–Crippen MR) is 102 cm³/mol. The van der Waals surface area contributed by atoms with Gasteiger partial charge in [-0.15, -0.1) is 10.2 Å². The standard InChI is InChI=1S/C18H21N9O/c1-20-18(28)17-14(24-11-4-10-2-3-21-13(10)5-11)6-15(26-27-17)25-16-9-22-12(7-19)8-23-16/h6,8-11,13,21H,2-5H2,1H3,(H,20,28)(H2,23,24,25,26). The zero-order valence-corrected chi connectivity index (χ0v) is 15.4. The quantitative estimate of drug-likeness (QED) is 0.593. The lowest BCUT2D eigenvalue weighted by atomic mass is 10.0. The highest BCUT2D eigenvalue weighted by atomic mass is 16.1. The second-order valence-electron chi connectivity index (χ2n) is 7.02. The first-order valence-electron chi connectivity index (χ1n) is 9.25. The van der Waals surface area contributed by atoms with Crippen LogP contribution in [0.2, 0.25) is 0 Å². The van der Waals surface area contributed by atoms with Crippen LogP contribution in [0, 0.1) is 17.2 Å². The maximum Gasteiger partial charge on any atom is 0.273 e. The Hall–Kier alpha value is -3.32. The van der Waals surface area contributed by atoms with Crippen LogP contribution in [0.15, 0.2) is 18.5 Å². The lowest BCUT2D eigenvalue weighted by Crippen LogP contribution is -2.27. The summed E-state index contributed by atoms with van der Waals surface area (Å²) < 4.78 is 0. The SMILES string of the molecule is CNC(=O)c1nnc(Nc2cnc(C#N)cn2)cc1NC1CC2CCNC2C1. The van der Waals surface area contributed by atoms with Crippen LogP contribution in [0.5, 0.6) is 0 Å². The molecule has 2 aromatic rings. The number of anilines is 3. The number of hydrogen-bond donors (Lipinski definition) is 4. The maximum atomic E-state index is 12.2. The van der Waals surface area contributed by atoms with Gasteiger partial charge in [0.1, 0.15) is 11.9 Å². The average Bonchev–Trinajstić information content (AvgIpc) is 3.30. The van der Waals surface area contributed by atoms with Crippen LogP contribution in [0.1, 0.15) is 35.4 Å². The molecule has 2 aliphatic rings. The van der Waals surface area contributed by atoms with Crippen molar-refractivity contribution in [2.24, 2.45) is 5.92 Å². The summed E-state index contributed by atoms with van der Waals surface area (Å²) >= 11 is 0. The Morgan fingerprint density at radius 3 is 2.86 bits per heavy atom. The summed E-state index contributed by atoms with van der Waals surface area (Å²) in [5, 5.41) is 29.6. The third kappa shape index (κ3) is 3.70. The van der Waals surface area contributed by atoms with Crippen molar-refractivity contribution >= 4 is 23.2 Å². The van der Waals surface area contributed by atoms with E-state index in [1.165, 1.54) is 18.8 Å². The fraction of sp³-hybridized carbons (Fsp3) is 0.444. The minimum atomic E-state index is -0.295. The van der Waals surface area contributed by atoms with Gasteiger partial charge in [0.25, 0.3) is 5.91 Å². The Kier molecular flexibility index (Phi) is 4.99. The Balaban J connectivity index is 1.54. The van der Waals surface area contributed by atoms with Crippen molar-refractivity contribution < 1.29 is 4.79 Å². The third-order valence-corrected chi connectivity index (χ3v) is 5.23. The number of aromatic nitrogens is 4. The largest absolute Gasteiger partial charge is 0.380 e. The molecule has 144 valence electrons. The number of carbonyl (C=O) groups excluding carboxylic acids is 1. The van der Waals surface area contributed by atoms with Gasteiger partial charge in [-0.1, -0.05) is 0 Å². The minimum Gasteiger partial charge on any atom is -0.380 e. The number of carbonyl (C=O) groups is 1. The molecule has 1 saturated carbocycles. The highest BCUT2D eigenvalue weighted by Crippen LogP contribution is 2.34. The van der Waals surface area contributed by atoms with Gasteiger partial charge >= 0.3 is 0 Å². The molecule has 0 bridgehead atoms. The number of nitrogens with zero attached hydrogens (tertiary/aromatic N) is 5. The molecule has 0 spiro atoms. The van der Waals surface area contributed by atoms with E-state index in [0.717, 1.165) is 19.4 Å². The Morgan fingerprint density at radius 1 is 1.25 bits per heavy atom. The van der Waals surface area contributed by atoms with Crippen LogP contribution in [-0.2, 0) is 0 Å². The van der Waals surface area contributed by atoms with Crippen LogP contribution in [0.25, 0.3) is 0 Å². The summed E-state index contributed by atoms with van der Waals surface area (Å²) in [5.74, 6) is 1.26. The maximum absolute atomic E-state index is 12.2. The van der Waals surface area contributed by atoms with Gasteiger partial charge in [-0.3, -0.25) is 4.79 Å². The van der Waals surface area contributed by atoms with Gasteiger partial charge in [0.2, 0.25) is 0 Å². The fourth-order valence-electron chi connectivity index (χ4n) is 3.92. The summed E-state index contributed by atoms with van der Waals surface area (Å²) in [6.07, 6.45) is 6.10. The van der Waals surface area contributed by atoms with Crippen molar-refractivity contribution in [2.45, 2.75) is 31.3 Å². The van der Waals surface area contributed by atoms with Gasteiger partial charge in [-0.25, -0.2) is 9.97 Å². The lowest BCUT2D eigenvalue weighted by molar-refractivity contribution is 0.0958. The van der Waals surface area contributed by atoms with Crippen molar-refractivity contribution in [3.8, 4) is 6.07 Å². The number of fused-ring (bicyclic) bond motifs is 1. The Morgan fingerprint density at radius 2 is 2.14 bits per heavy atom. The zero-order chi connectivity index (χ0) is 19.5. The molecule has 2 fully saturated rings. The molecule has 0 radical (unpaired) electrons. The van der Waals surface area contributed by atoms with Crippen molar-refractivity contribution in [2.75, 3.05) is 24.2 Å². The molecule has 0 aromatic carbocycles. The van der Waals surface area contributed by atoms with E-state index in [2.05, 4.69) is 41.4 Å². The van der Waals surface area contributed by atoms with Gasteiger partial charge in [0.15, 0.2) is 17.2 Å². The van der Waals surface area contributed by atoms with E-state index in [1.54, 1.807) is 13.1 Å². The lowest BCUT2D eigenvalue weighted by Gasteiger charge is -2.18. The van der Waals surface area contributed by atoms with Gasteiger partial charge < -0.3 is 21.3 Å². The average molecular weight is 379 g/mol. The topological polar surface area (TPSA) is 141 Å². The monoisotopic (exact) mass is 379 g/mol. The van der Waals surface area contributed by atoms with Crippen LogP contribution in [-0.4, -0.2) is 51.7 Å². The normalized spacial score (nSPS) is 22.9. The van der Waals surface area contributed by atoms with E-state index < -0.39 is 0 Å². The Bertz CT molecular complexity index is 896. The van der Waals surface area contributed by atoms with Crippen molar-refractivity contribution in [3.63, 3.8) is 0 Å². The van der Waals surface area contributed by atoms with Crippen molar-refractivity contribution in [1.82, 2.24) is 30.8 Å². The molecule has 1 saturated heterocycles. The number of hydrogen-bond acceptors (Lipinski definition) is 9. The van der Waals surface area contributed by atoms with Gasteiger partial charge in [0, 0.05) is 25.2 Å². The van der Waals surface area contributed by atoms with E-state index in [0.29, 0.717) is 29.3 Å². The third-order valence-electron chi connectivity index (χ3n) is 5.23. The summed E-state index contributed by atoms with van der Waals surface area (Å²) in [6.45, 7) is 1.09. The predicted octanol–water partition coefficient (Wildman–Crippen LogP) is 0.794. The minimum absolute atomic E-state index is 0.231. The summed E-state index contributed by atoms with van der Waals surface area (Å²) in [4.78, 5) is 20.3. The molecule has 10 nitrogen and oxygen atoms in total. The Labute approximate surface area is 162 Å². The first-order valence-corrected chi connectivity index (χ1v) is 9.25. The summed E-state index contributed by atoms with van der Waals surface area (Å²) in [5.41, 5.74) is 1.11. The first-order chi connectivity index (χ1) is 13.7. The van der Waals surface area contributed by atoms with E-state index in [1.807, 2.05) is 6.07 Å². The van der Waals surface area contributed by atoms with Gasteiger partial charge in [-0.05, 0) is 31.7 Å². The van der Waals surface area contributed by atoms with E-state index in [9.17, 15) is 4.79 Å². The van der Waals surface area contributed by atoms with Crippen LogP contribution in [0.4, 0.5) is 17.3 Å². The van der Waals surface area contributed by atoms with Gasteiger partial charge in [-0.2, -0.15) is 5.26 Å². The molecule has 1 aliphatic carbocycles. The molecule has 2 aromatic heterocycles. The van der Waals surface area contributed by atoms with Crippen LogP contribution >= 0.6 is 0 Å². The molecule has 10 heteroatoms.